The minimum absolute atomic E-state index is 0.382. The second-order valence-electron chi connectivity index (χ2n) is 1.88. The summed E-state index contributed by atoms with van der Waals surface area (Å²) < 4.78 is 0. The van der Waals surface area contributed by atoms with Gasteiger partial charge in [-0.1, -0.05) is 0 Å². The number of rotatable bonds is 2. The SMILES string of the molecule is NC=[N+]([O-])NC1CC1. The van der Waals surface area contributed by atoms with Gasteiger partial charge in [0.2, 0.25) is 0 Å². The van der Waals surface area contributed by atoms with E-state index in [4.69, 9.17) is 5.73 Å². The van der Waals surface area contributed by atoms with Crippen molar-refractivity contribution < 1.29 is 4.85 Å². The van der Waals surface area contributed by atoms with Crippen LogP contribution in [0.4, 0.5) is 0 Å². The first-order valence-corrected chi connectivity index (χ1v) is 2.60. The van der Waals surface area contributed by atoms with E-state index in [1.807, 2.05) is 0 Å². The maximum absolute atomic E-state index is 10.3. The topological polar surface area (TPSA) is 64.1 Å². The molecule has 1 fully saturated rings. The molecular weight excluding hydrogens is 106 g/mol. The van der Waals surface area contributed by atoms with Crippen molar-refractivity contribution in [1.82, 2.24) is 5.43 Å². The lowest BCUT2D eigenvalue weighted by Gasteiger charge is -2.06. The van der Waals surface area contributed by atoms with Crippen molar-refractivity contribution in [3.05, 3.63) is 5.21 Å². The van der Waals surface area contributed by atoms with Crippen molar-refractivity contribution in [1.29, 1.82) is 0 Å². The first kappa shape index (κ1) is 5.21. The van der Waals surface area contributed by atoms with Gasteiger partial charge in [0.25, 0.3) is 6.34 Å². The molecular formula is C4H9N3O. The standard InChI is InChI=1S/C4H9N3O/c5-3-7(8)6-4-1-2-4/h3-4,6H,1-2,5H2. The van der Waals surface area contributed by atoms with Gasteiger partial charge in [0.1, 0.15) is 0 Å². The van der Waals surface area contributed by atoms with E-state index < -0.39 is 0 Å². The molecule has 3 N–H and O–H groups in total. The number of nitrogens with one attached hydrogen (secondary N) is 1. The third-order valence-electron chi connectivity index (χ3n) is 1.02. The Kier molecular flexibility index (Phi) is 1.24. The Hall–Kier alpha value is -0.930. The Morgan fingerprint density at radius 2 is 2.38 bits per heavy atom. The lowest BCUT2D eigenvalue weighted by atomic mass is 10.8. The molecule has 0 radical (unpaired) electrons. The molecule has 0 spiro atoms. The molecule has 1 aliphatic carbocycles. The minimum atomic E-state index is 0.382. The summed E-state index contributed by atoms with van der Waals surface area (Å²) in [7, 11) is 0. The van der Waals surface area contributed by atoms with Crippen LogP contribution in [0.2, 0.25) is 0 Å². The second-order valence-corrected chi connectivity index (χ2v) is 1.88. The first-order chi connectivity index (χ1) is 3.83. The maximum Gasteiger partial charge on any atom is 0.256 e. The Bertz CT molecular complexity index is 108. The van der Waals surface area contributed by atoms with Gasteiger partial charge in [-0.2, -0.15) is 4.85 Å². The average Bonchev–Trinajstić information content (AvgIpc) is 2.50. The smallest absolute Gasteiger partial charge is 0.256 e. The van der Waals surface area contributed by atoms with Gasteiger partial charge in [0.05, 0.1) is 6.04 Å². The molecule has 0 bridgehead atoms. The van der Waals surface area contributed by atoms with Crippen molar-refractivity contribution in [2.75, 3.05) is 0 Å². The van der Waals surface area contributed by atoms with Gasteiger partial charge in [-0.3, -0.25) is 11.2 Å². The number of nitrogens with zero attached hydrogens (tertiary/aromatic N) is 1. The zero-order valence-electron chi connectivity index (χ0n) is 4.50. The third kappa shape index (κ3) is 1.29. The van der Waals surface area contributed by atoms with Crippen molar-refractivity contribution in [3.8, 4) is 0 Å². The fourth-order valence-electron chi connectivity index (χ4n) is 0.435. The van der Waals surface area contributed by atoms with E-state index in [2.05, 4.69) is 5.43 Å². The van der Waals surface area contributed by atoms with Gasteiger partial charge in [-0.05, 0) is 12.8 Å². The molecule has 1 rings (SSSR count). The molecule has 46 valence electrons. The highest BCUT2D eigenvalue weighted by Crippen LogP contribution is 2.17. The number of hydrogen-bond acceptors (Lipinski definition) is 2. The summed E-state index contributed by atoms with van der Waals surface area (Å²) in [6, 6.07) is 0.382. The molecule has 0 heterocycles. The summed E-state index contributed by atoms with van der Waals surface area (Å²) in [5.74, 6) is 0. The molecule has 8 heavy (non-hydrogen) atoms. The summed E-state index contributed by atoms with van der Waals surface area (Å²) in [4.78, 5) is 0.539. The van der Waals surface area contributed by atoms with Crippen LogP contribution in [-0.2, 0) is 0 Å². The highest BCUT2D eigenvalue weighted by atomic mass is 16.5. The molecule has 0 saturated heterocycles. The van der Waals surface area contributed by atoms with Crippen molar-refractivity contribution in [2.24, 2.45) is 5.73 Å². The van der Waals surface area contributed by atoms with E-state index in [9.17, 15) is 5.21 Å². The van der Waals surface area contributed by atoms with Gasteiger partial charge in [0, 0.05) is 0 Å². The molecule has 0 aromatic rings. The predicted octanol–water partition coefficient (Wildman–Crippen LogP) is -0.849. The van der Waals surface area contributed by atoms with E-state index >= 15 is 0 Å². The molecule has 0 atom stereocenters. The number of hydrogen-bond donors (Lipinski definition) is 2. The first-order valence-electron chi connectivity index (χ1n) is 2.60. The molecule has 1 saturated carbocycles. The zero-order valence-corrected chi connectivity index (χ0v) is 4.50. The molecule has 4 heteroatoms. The molecule has 0 aromatic carbocycles. The summed E-state index contributed by atoms with van der Waals surface area (Å²) in [5, 5.41) is 10.3. The third-order valence-corrected chi connectivity index (χ3v) is 1.02. The van der Waals surface area contributed by atoms with Gasteiger partial charge >= 0.3 is 0 Å². The summed E-state index contributed by atoms with van der Waals surface area (Å²) in [6.45, 7) is 0. The van der Waals surface area contributed by atoms with Crippen LogP contribution in [0.15, 0.2) is 0 Å². The van der Waals surface area contributed by atoms with E-state index in [1.165, 1.54) is 0 Å². The average molecular weight is 115 g/mol. The van der Waals surface area contributed by atoms with E-state index in [0.717, 1.165) is 19.2 Å². The number of hydrazine groups is 1. The van der Waals surface area contributed by atoms with Crippen LogP contribution in [0.3, 0.4) is 0 Å². The molecule has 0 unspecified atom stereocenters. The van der Waals surface area contributed by atoms with Crippen molar-refractivity contribution in [2.45, 2.75) is 18.9 Å². The summed E-state index contributed by atoms with van der Waals surface area (Å²) in [5.41, 5.74) is 7.47. The Morgan fingerprint density at radius 3 is 2.75 bits per heavy atom. The second kappa shape index (κ2) is 1.90. The summed E-state index contributed by atoms with van der Waals surface area (Å²) >= 11 is 0. The number of nitrogens with two attached hydrogens (primary N) is 1. The fourth-order valence-corrected chi connectivity index (χ4v) is 0.435. The van der Waals surface area contributed by atoms with Crippen molar-refractivity contribution >= 4 is 6.34 Å². The van der Waals surface area contributed by atoms with Gasteiger partial charge in [0.15, 0.2) is 0 Å². The highest BCUT2D eigenvalue weighted by molar-refractivity contribution is 5.44. The van der Waals surface area contributed by atoms with Crippen LogP contribution in [0.1, 0.15) is 12.8 Å². The van der Waals surface area contributed by atoms with Crippen LogP contribution in [0.25, 0.3) is 0 Å². The Labute approximate surface area is 47.5 Å². The predicted molar refractivity (Wildman–Crippen MR) is 30.0 cm³/mol. The van der Waals surface area contributed by atoms with Crippen molar-refractivity contribution in [3.63, 3.8) is 0 Å². The lowest BCUT2D eigenvalue weighted by molar-refractivity contribution is -0.522. The summed E-state index contributed by atoms with van der Waals surface area (Å²) in [6.07, 6.45) is 3.15. The van der Waals surface area contributed by atoms with Crippen LogP contribution in [0, 0.1) is 5.21 Å². The fraction of sp³-hybridized carbons (Fsp3) is 0.750. The van der Waals surface area contributed by atoms with Gasteiger partial charge in [-0.25, -0.2) is 0 Å². The molecule has 0 amide bonds. The van der Waals surface area contributed by atoms with E-state index in [-0.39, 0.29) is 0 Å². The molecule has 0 aromatic heterocycles. The van der Waals surface area contributed by atoms with Crippen LogP contribution >= 0.6 is 0 Å². The highest BCUT2D eigenvalue weighted by Gasteiger charge is 2.21. The van der Waals surface area contributed by atoms with E-state index in [1.54, 1.807) is 0 Å². The largest absolute Gasteiger partial charge is 0.693 e. The van der Waals surface area contributed by atoms with E-state index in [0.29, 0.717) is 10.9 Å². The Balaban J connectivity index is 2.16. The van der Waals surface area contributed by atoms with Crippen LogP contribution in [0.5, 0.6) is 0 Å². The quantitative estimate of drug-likeness (QED) is 0.162. The van der Waals surface area contributed by atoms with Crippen LogP contribution < -0.4 is 11.2 Å². The molecule has 1 aliphatic rings. The van der Waals surface area contributed by atoms with Gasteiger partial charge in [-0.15, -0.1) is 0 Å². The molecule has 0 aliphatic heterocycles. The normalized spacial score (nSPS) is 20.8. The number of hydrazone groups is 1. The van der Waals surface area contributed by atoms with Crippen LogP contribution in [-0.4, -0.2) is 17.2 Å². The zero-order chi connectivity index (χ0) is 5.98. The lowest BCUT2D eigenvalue weighted by Crippen LogP contribution is -2.28. The Morgan fingerprint density at radius 1 is 1.75 bits per heavy atom. The molecule has 4 nitrogen and oxygen atoms in total. The monoisotopic (exact) mass is 115 g/mol. The minimum Gasteiger partial charge on any atom is -0.693 e. The maximum atomic E-state index is 10.3. The van der Waals surface area contributed by atoms with Gasteiger partial charge < -0.3 is 5.21 Å².